The number of aliphatic carboxylic acids is 1. The Kier molecular flexibility index (Phi) is 7.24. The number of hydrogen-bond acceptors (Lipinski definition) is 1. The third-order valence-electron chi connectivity index (χ3n) is 3.75. The molecule has 0 heterocycles. The van der Waals surface area contributed by atoms with Crippen LogP contribution in [-0.4, -0.2) is 11.1 Å². The number of hydrogen-bond donors (Lipinski definition) is 1. The number of carboxylic acid groups (broad SMARTS) is 1. The lowest BCUT2D eigenvalue weighted by atomic mass is 9.95. The van der Waals surface area contributed by atoms with E-state index in [2.05, 4.69) is 31.2 Å². The molecule has 0 aliphatic heterocycles. The van der Waals surface area contributed by atoms with Gasteiger partial charge < -0.3 is 5.11 Å². The van der Waals surface area contributed by atoms with Gasteiger partial charge in [0.15, 0.2) is 0 Å². The van der Waals surface area contributed by atoms with Gasteiger partial charge in [-0.05, 0) is 43.7 Å². The van der Waals surface area contributed by atoms with Crippen LogP contribution in [0.3, 0.4) is 0 Å². The Labute approximate surface area is 116 Å². The van der Waals surface area contributed by atoms with Crippen LogP contribution < -0.4 is 0 Å². The standard InChI is InChI=1S/C17H26O2/c1-3-9-16(17(18)19)13-6-4-5-11-15-12-8-7-10-14(15)2/h7-8,10,12,16H,3-6,9,11,13H2,1-2H3,(H,18,19). The smallest absolute Gasteiger partial charge is 0.306 e. The van der Waals surface area contributed by atoms with Gasteiger partial charge in [0.05, 0.1) is 5.92 Å². The number of carboxylic acids is 1. The van der Waals surface area contributed by atoms with Crippen LogP contribution in [0.15, 0.2) is 24.3 Å². The van der Waals surface area contributed by atoms with Gasteiger partial charge in [-0.1, -0.05) is 50.5 Å². The summed E-state index contributed by atoms with van der Waals surface area (Å²) >= 11 is 0. The Morgan fingerprint density at radius 1 is 1.16 bits per heavy atom. The molecule has 1 rings (SSSR count). The Morgan fingerprint density at radius 3 is 2.53 bits per heavy atom. The fourth-order valence-corrected chi connectivity index (χ4v) is 2.51. The third-order valence-corrected chi connectivity index (χ3v) is 3.75. The molecule has 19 heavy (non-hydrogen) atoms. The predicted octanol–water partition coefficient (Wildman–Crippen LogP) is 4.60. The van der Waals surface area contributed by atoms with E-state index < -0.39 is 5.97 Å². The van der Waals surface area contributed by atoms with E-state index in [4.69, 9.17) is 5.11 Å². The minimum absolute atomic E-state index is 0.136. The molecule has 0 spiro atoms. The van der Waals surface area contributed by atoms with Gasteiger partial charge in [-0.15, -0.1) is 0 Å². The van der Waals surface area contributed by atoms with E-state index in [-0.39, 0.29) is 5.92 Å². The minimum atomic E-state index is -0.624. The van der Waals surface area contributed by atoms with Gasteiger partial charge in [-0.2, -0.15) is 0 Å². The lowest BCUT2D eigenvalue weighted by molar-refractivity contribution is -0.142. The van der Waals surface area contributed by atoms with Crippen molar-refractivity contribution in [2.45, 2.75) is 58.8 Å². The van der Waals surface area contributed by atoms with Gasteiger partial charge >= 0.3 is 5.97 Å². The van der Waals surface area contributed by atoms with Crippen LogP contribution in [-0.2, 0) is 11.2 Å². The Hall–Kier alpha value is -1.31. The largest absolute Gasteiger partial charge is 0.481 e. The minimum Gasteiger partial charge on any atom is -0.481 e. The summed E-state index contributed by atoms with van der Waals surface area (Å²) in [5.74, 6) is -0.760. The van der Waals surface area contributed by atoms with Gasteiger partial charge in [0.25, 0.3) is 0 Å². The number of rotatable bonds is 9. The summed E-state index contributed by atoms with van der Waals surface area (Å²) in [6.45, 7) is 4.20. The first-order valence-electron chi connectivity index (χ1n) is 7.42. The molecule has 1 unspecified atom stereocenters. The molecule has 0 saturated carbocycles. The summed E-state index contributed by atoms with van der Waals surface area (Å²) in [5, 5.41) is 9.08. The van der Waals surface area contributed by atoms with E-state index in [1.54, 1.807) is 0 Å². The summed E-state index contributed by atoms with van der Waals surface area (Å²) in [6, 6.07) is 8.49. The summed E-state index contributed by atoms with van der Waals surface area (Å²) in [7, 11) is 0. The first-order valence-corrected chi connectivity index (χ1v) is 7.42. The molecular weight excluding hydrogens is 236 g/mol. The second-order valence-electron chi connectivity index (χ2n) is 5.35. The molecule has 0 bridgehead atoms. The quantitative estimate of drug-likeness (QED) is 0.660. The zero-order valence-corrected chi connectivity index (χ0v) is 12.2. The lowest BCUT2D eigenvalue weighted by Crippen LogP contribution is -2.13. The number of unbranched alkanes of at least 4 members (excludes halogenated alkanes) is 2. The third kappa shape index (κ3) is 5.91. The van der Waals surface area contributed by atoms with E-state index in [1.807, 2.05) is 6.92 Å². The van der Waals surface area contributed by atoms with E-state index in [9.17, 15) is 4.79 Å². The van der Waals surface area contributed by atoms with E-state index >= 15 is 0 Å². The number of carbonyl (C=O) groups is 1. The van der Waals surface area contributed by atoms with Gasteiger partial charge in [0.2, 0.25) is 0 Å². The maximum atomic E-state index is 11.0. The van der Waals surface area contributed by atoms with Crippen molar-refractivity contribution in [3.63, 3.8) is 0 Å². The summed E-state index contributed by atoms with van der Waals surface area (Å²) in [5.41, 5.74) is 2.78. The van der Waals surface area contributed by atoms with E-state index in [0.29, 0.717) is 0 Å². The van der Waals surface area contributed by atoms with Crippen molar-refractivity contribution in [3.8, 4) is 0 Å². The Balaban J connectivity index is 2.20. The van der Waals surface area contributed by atoms with Crippen molar-refractivity contribution in [2.24, 2.45) is 5.92 Å². The van der Waals surface area contributed by atoms with Crippen LogP contribution in [0.25, 0.3) is 0 Å². The topological polar surface area (TPSA) is 37.3 Å². The fraction of sp³-hybridized carbons (Fsp3) is 0.588. The van der Waals surface area contributed by atoms with Gasteiger partial charge in [0.1, 0.15) is 0 Å². The highest BCUT2D eigenvalue weighted by Gasteiger charge is 2.15. The molecule has 0 amide bonds. The molecule has 1 aromatic rings. The van der Waals surface area contributed by atoms with Crippen LogP contribution in [0.2, 0.25) is 0 Å². The maximum Gasteiger partial charge on any atom is 0.306 e. The predicted molar refractivity (Wildman–Crippen MR) is 79.4 cm³/mol. The normalized spacial score (nSPS) is 12.3. The summed E-state index contributed by atoms with van der Waals surface area (Å²) in [6.07, 6.45) is 7.02. The van der Waals surface area contributed by atoms with E-state index in [1.165, 1.54) is 11.1 Å². The maximum absolute atomic E-state index is 11.0. The van der Waals surface area contributed by atoms with Gasteiger partial charge in [0, 0.05) is 0 Å². The molecule has 1 aromatic carbocycles. The SMILES string of the molecule is CCCC(CCCCCc1ccccc1C)C(=O)O. The first kappa shape index (κ1) is 15.7. The van der Waals surface area contributed by atoms with Crippen LogP contribution in [0.1, 0.15) is 56.6 Å². The Morgan fingerprint density at radius 2 is 1.89 bits per heavy atom. The molecule has 0 saturated heterocycles. The Bertz CT molecular complexity index is 385. The van der Waals surface area contributed by atoms with Crippen molar-refractivity contribution in [2.75, 3.05) is 0 Å². The van der Waals surface area contributed by atoms with E-state index in [0.717, 1.165) is 44.9 Å². The second-order valence-corrected chi connectivity index (χ2v) is 5.35. The van der Waals surface area contributed by atoms with Gasteiger partial charge in [-0.25, -0.2) is 0 Å². The monoisotopic (exact) mass is 262 g/mol. The average molecular weight is 262 g/mol. The molecule has 0 aliphatic rings. The number of benzene rings is 1. The van der Waals surface area contributed by atoms with Crippen molar-refractivity contribution in [3.05, 3.63) is 35.4 Å². The molecule has 0 fully saturated rings. The zero-order chi connectivity index (χ0) is 14.1. The van der Waals surface area contributed by atoms with Crippen molar-refractivity contribution in [1.82, 2.24) is 0 Å². The molecule has 0 radical (unpaired) electrons. The lowest BCUT2D eigenvalue weighted by Gasteiger charge is -2.10. The molecule has 1 N–H and O–H groups in total. The molecule has 0 aromatic heterocycles. The van der Waals surface area contributed by atoms with Crippen LogP contribution in [0, 0.1) is 12.8 Å². The highest BCUT2D eigenvalue weighted by molar-refractivity contribution is 5.69. The van der Waals surface area contributed by atoms with Crippen LogP contribution >= 0.6 is 0 Å². The highest BCUT2D eigenvalue weighted by Crippen LogP contribution is 2.17. The zero-order valence-electron chi connectivity index (χ0n) is 12.2. The fourth-order valence-electron chi connectivity index (χ4n) is 2.51. The van der Waals surface area contributed by atoms with Crippen LogP contribution in [0.5, 0.6) is 0 Å². The molecule has 2 heteroatoms. The van der Waals surface area contributed by atoms with Gasteiger partial charge in [-0.3, -0.25) is 4.79 Å². The summed E-state index contributed by atoms with van der Waals surface area (Å²) in [4.78, 5) is 11.0. The molecule has 1 atom stereocenters. The second kappa shape index (κ2) is 8.73. The average Bonchev–Trinajstić information content (AvgIpc) is 2.39. The molecule has 106 valence electrons. The van der Waals surface area contributed by atoms with Crippen LogP contribution in [0.4, 0.5) is 0 Å². The first-order chi connectivity index (χ1) is 9.15. The number of aryl methyl sites for hydroxylation is 2. The van der Waals surface area contributed by atoms with Crippen molar-refractivity contribution in [1.29, 1.82) is 0 Å². The molecule has 2 nitrogen and oxygen atoms in total. The van der Waals surface area contributed by atoms with Crippen molar-refractivity contribution >= 4 is 5.97 Å². The molecular formula is C17H26O2. The highest BCUT2D eigenvalue weighted by atomic mass is 16.4. The summed E-state index contributed by atoms with van der Waals surface area (Å²) < 4.78 is 0. The molecule has 0 aliphatic carbocycles. The van der Waals surface area contributed by atoms with Crippen molar-refractivity contribution < 1.29 is 9.90 Å².